The van der Waals surface area contributed by atoms with Crippen molar-refractivity contribution in [2.75, 3.05) is 38.5 Å². The molecule has 3 aliphatic heterocycles. The Morgan fingerprint density at radius 1 is 1.24 bits per heavy atom. The van der Waals surface area contributed by atoms with Crippen LogP contribution in [-0.4, -0.2) is 49.1 Å². The fraction of sp³-hybridized carbons (Fsp3) is 0.647. The lowest BCUT2D eigenvalue weighted by Gasteiger charge is -2.37. The number of piperidine rings is 1. The van der Waals surface area contributed by atoms with Gasteiger partial charge in [-0.15, -0.1) is 12.4 Å². The van der Waals surface area contributed by atoms with Crippen LogP contribution in [-0.2, 0) is 13.0 Å². The third-order valence-electron chi connectivity index (χ3n) is 5.49. The highest BCUT2D eigenvalue weighted by atomic mass is 35.5. The highest BCUT2D eigenvalue weighted by Gasteiger charge is 2.37. The molecule has 0 aliphatic carbocycles. The number of benzene rings is 1. The molecule has 21 heavy (non-hydrogen) atoms. The average molecular weight is 308 g/mol. The Morgan fingerprint density at radius 2 is 2.10 bits per heavy atom. The Balaban J connectivity index is 0.00000132. The SMILES string of the molecule is CN1CCC2CCN(Cc3cccc4c3NCC4)C2C1.Cl. The van der Waals surface area contributed by atoms with E-state index in [9.17, 15) is 0 Å². The summed E-state index contributed by atoms with van der Waals surface area (Å²) in [5.74, 6) is 0.941. The van der Waals surface area contributed by atoms with E-state index in [0.717, 1.165) is 25.0 Å². The first-order valence-corrected chi connectivity index (χ1v) is 8.08. The van der Waals surface area contributed by atoms with Gasteiger partial charge >= 0.3 is 0 Å². The van der Waals surface area contributed by atoms with Crippen molar-refractivity contribution in [2.45, 2.75) is 31.8 Å². The average Bonchev–Trinajstić information content (AvgIpc) is 3.06. The van der Waals surface area contributed by atoms with Crippen molar-refractivity contribution in [1.29, 1.82) is 0 Å². The zero-order chi connectivity index (χ0) is 13.5. The first-order valence-electron chi connectivity index (χ1n) is 8.08. The molecule has 1 aromatic rings. The zero-order valence-electron chi connectivity index (χ0n) is 12.8. The second-order valence-corrected chi connectivity index (χ2v) is 6.77. The molecule has 2 unspecified atom stereocenters. The minimum Gasteiger partial charge on any atom is -0.384 e. The molecule has 3 nitrogen and oxygen atoms in total. The summed E-state index contributed by atoms with van der Waals surface area (Å²) in [7, 11) is 2.27. The van der Waals surface area contributed by atoms with Crippen LogP contribution in [0.25, 0.3) is 0 Å². The van der Waals surface area contributed by atoms with E-state index in [4.69, 9.17) is 0 Å². The molecule has 0 saturated carbocycles. The monoisotopic (exact) mass is 307 g/mol. The fourth-order valence-electron chi connectivity index (χ4n) is 4.34. The predicted octanol–water partition coefficient (Wildman–Crippen LogP) is 2.60. The molecular weight excluding hydrogens is 282 g/mol. The van der Waals surface area contributed by atoms with E-state index in [-0.39, 0.29) is 12.4 Å². The summed E-state index contributed by atoms with van der Waals surface area (Å²) in [6.07, 6.45) is 3.99. The standard InChI is InChI=1S/C17H25N3.ClH/c1-19-9-6-13-7-10-20(16(13)12-19)11-15-4-2-3-14-5-8-18-17(14)15;/h2-4,13,16,18H,5-12H2,1H3;1H. The van der Waals surface area contributed by atoms with Gasteiger partial charge in [-0.25, -0.2) is 0 Å². The van der Waals surface area contributed by atoms with Crippen molar-refractivity contribution < 1.29 is 0 Å². The minimum absolute atomic E-state index is 0. The van der Waals surface area contributed by atoms with Gasteiger partial charge in [0.1, 0.15) is 0 Å². The molecule has 0 aromatic heterocycles. The van der Waals surface area contributed by atoms with Crippen LogP contribution in [0.1, 0.15) is 24.0 Å². The lowest BCUT2D eigenvalue weighted by Crippen LogP contribution is -2.46. The summed E-state index contributed by atoms with van der Waals surface area (Å²) in [5.41, 5.74) is 4.45. The molecule has 4 heteroatoms. The van der Waals surface area contributed by atoms with Gasteiger partial charge in [0, 0.05) is 31.4 Å². The van der Waals surface area contributed by atoms with Gasteiger partial charge in [0.15, 0.2) is 0 Å². The number of likely N-dealkylation sites (N-methyl/N-ethyl adjacent to an activating group) is 1. The molecular formula is C17H26ClN3. The molecule has 0 spiro atoms. The van der Waals surface area contributed by atoms with Gasteiger partial charge in [-0.1, -0.05) is 18.2 Å². The second-order valence-electron chi connectivity index (χ2n) is 6.77. The first-order chi connectivity index (χ1) is 9.81. The Hall–Kier alpha value is -0.770. The third-order valence-corrected chi connectivity index (χ3v) is 5.49. The molecule has 0 amide bonds. The summed E-state index contributed by atoms with van der Waals surface area (Å²) in [5, 5.41) is 3.59. The summed E-state index contributed by atoms with van der Waals surface area (Å²) in [4.78, 5) is 5.24. The number of nitrogens with zero attached hydrogens (tertiary/aromatic N) is 2. The quantitative estimate of drug-likeness (QED) is 0.906. The van der Waals surface area contributed by atoms with Gasteiger partial charge in [0.25, 0.3) is 0 Å². The summed E-state index contributed by atoms with van der Waals surface area (Å²) in [6, 6.07) is 7.62. The smallest absolute Gasteiger partial charge is 0.0419 e. The van der Waals surface area contributed by atoms with Crippen molar-refractivity contribution in [3.05, 3.63) is 29.3 Å². The number of hydrogen-bond acceptors (Lipinski definition) is 3. The number of likely N-dealkylation sites (tertiary alicyclic amines) is 2. The molecule has 3 heterocycles. The molecule has 0 bridgehead atoms. The van der Waals surface area contributed by atoms with Crippen molar-refractivity contribution >= 4 is 18.1 Å². The third kappa shape index (κ3) is 2.79. The first kappa shape index (κ1) is 15.1. The van der Waals surface area contributed by atoms with E-state index in [1.807, 2.05) is 0 Å². The lowest BCUT2D eigenvalue weighted by molar-refractivity contribution is 0.118. The molecule has 2 saturated heterocycles. The molecule has 3 aliphatic rings. The Morgan fingerprint density at radius 3 is 3.00 bits per heavy atom. The van der Waals surface area contributed by atoms with Gasteiger partial charge in [-0.2, -0.15) is 0 Å². The van der Waals surface area contributed by atoms with E-state index >= 15 is 0 Å². The van der Waals surface area contributed by atoms with Crippen LogP contribution in [0.4, 0.5) is 5.69 Å². The largest absolute Gasteiger partial charge is 0.384 e. The molecule has 4 rings (SSSR count). The normalized spacial score (nSPS) is 28.6. The maximum Gasteiger partial charge on any atom is 0.0419 e. The molecule has 1 aromatic carbocycles. The van der Waals surface area contributed by atoms with Crippen LogP contribution in [0, 0.1) is 5.92 Å². The van der Waals surface area contributed by atoms with Gasteiger partial charge in [-0.3, -0.25) is 4.90 Å². The Bertz CT molecular complexity index is 505. The highest BCUT2D eigenvalue weighted by Crippen LogP contribution is 2.34. The summed E-state index contributed by atoms with van der Waals surface area (Å²) < 4.78 is 0. The molecule has 0 radical (unpaired) electrons. The minimum atomic E-state index is 0. The Labute approximate surface area is 134 Å². The molecule has 2 fully saturated rings. The van der Waals surface area contributed by atoms with Crippen molar-refractivity contribution in [1.82, 2.24) is 9.80 Å². The van der Waals surface area contributed by atoms with Crippen LogP contribution in [0.2, 0.25) is 0 Å². The van der Waals surface area contributed by atoms with Gasteiger partial charge < -0.3 is 10.2 Å². The predicted molar refractivity (Wildman–Crippen MR) is 90.3 cm³/mol. The van der Waals surface area contributed by atoms with Gasteiger partial charge in [0.2, 0.25) is 0 Å². The van der Waals surface area contributed by atoms with Crippen LogP contribution in [0.3, 0.4) is 0 Å². The second kappa shape index (κ2) is 6.15. The molecule has 116 valence electrons. The highest BCUT2D eigenvalue weighted by molar-refractivity contribution is 5.85. The van der Waals surface area contributed by atoms with Crippen LogP contribution in [0.5, 0.6) is 0 Å². The number of para-hydroxylation sites is 1. The van der Waals surface area contributed by atoms with Gasteiger partial charge in [-0.05, 0) is 56.4 Å². The molecule has 2 atom stereocenters. The summed E-state index contributed by atoms with van der Waals surface area (Å²) in [6.45, 7) is 6.07. The van der Waals surface area contributed by atoms with Crippen molar-refractivity contribution in [3.63, 3.8) is 0 Å². The topological polar surface area (TPSA) is 18.5 Å². The Kier molecular flexibility index (Phi) is 4.43. The van der Waals surface area contributed by atoms with Crippen LogP contribution < -0.4 is 5.32 Å². The van der Waals surface area contributed by atoms with E-state index in [0.29, 0.717) is 0 Å². The lowest BCUT2D eigenvalue weighted by atomic mass is 9.92. The number of hydrogen-bond donors (Lipinski definition) is 1. The number of rotatable bonds is 2. The van der Waals surface area contributed by atoms with Crippen LogP contribution >= 0.6 is 12.4 Å². The van der Waals surface area contributed by atoms with E-state index in [1.165, 1.54) is 55.7 Å². The van der Waals surface area contributed by atoms with Gasteiger partial charge in [0.05, 0.1) is 0 Å². The maximum atomic E-state index is 3.59. The number of fused-ring (bicyclic) bond motifs is 2. The zero-order valence-corrected chi connectivity index (χ0v) is 13.7. The molecule has 1 N–H and O–H groups in total. The number of anilines is 1. The van der Waals surface area contributed by atoms with E-state index in [2.05, 4.69) is 40.4 Å². The summed E-state index contributed by atoms with van der Waals surface area (Å²) >= 11 is 0. The number of halogens is 1. The van der Waals surface area contributed by atoms with Crippen LogP contribution in [0.15, 0.2) is 18.2 Å². The maximum absolute atomic E-state index is 3.59. The van der Waals surface area contributed by atoms with E-state index in [1.54, 1.807) is 0 Å². The fourth-order valence-corrected chi connectivity index (χ4v) is 4.34. The number of nitrogens with one attached hydrogen (secondary N) is 1. The van der Waals surface area contributed by atoms with Crippen molar-refractivity contribution in [3.8, 4) is 0 Å². The van der Waals surface area contributed by atoms with E-state index < -0.39 is 0 Å². The van der Waals surface area contributed by atoms with Crippen molar-refractivity contribution in [2.24, 2.45) is 5.92 Å².